The molecule has 33 heavy (non-hydrogen) atoms. The molecular formula is C23H20N6O4. The summed E-state index contributed by atoms with van der Waals surface area (Å²) in [7, 11) is 1.54. The second-order valence-electron chi connectivity index (χ2n) is 7.12. The number of nitrogens with zero attached hydrogens (tertiary/aromatic N) is 5. The number of nitrogens with one attached hydrogen (secondary N) is 1. The quantitative estimate of drug-likeness (QED) is 0.423. The number of amides is 1. The molecule has 0 spiro atoms. The van der Waals surface area contributed by atoms with E-state index in [1.807, 2.05) is 0 Å². The maximum absolute atomic E-state index is 12.6. The van der Waals surface area contributed by atoms with Crippen LogP contribution >= 0.6 is 0 Å². The number of carbonyl (C=O) groups excluding carboxylic acids is 1. The van der Waals surface area contributed by atoms with Gasteiger partial charge in [-0.15, -0.1) is 10.2 Å². The lowest BCUT2D eigenvalue weighted by atomic mass is 10.1. The minimum absolute atomic E-state index is 0.212. The molecule has 1 amide bonds. The molecule has 2 aromatic carbocycles. The van der Waals surface area contributed by atoms with Crippen LogP contribution in [0.5, 0.6) is 5.88 Å². The van der Waals surface area contributed by atoms with Crippen LogP contribution in [0.4, 0.5) is 0 Å². The molecule has 0 aliphatic carbocycles. The Morgan fingerprint density at radius 1 is 1.03 bits per heavy atom. The van der Waals surface area contributed by atoms with Crippen molar-refractivity contribution in [3.8, 4) is 17.3 Å². The summed E-state index contributed by atoms with van der Waals surface area (Å²) in [6.45, 7) is 0.666. The number of hydrogen-bond donors (Lipinski definition) is 2. The first-order valence-electron chi connectivity index (χ1n) is 9.99. The molecule has 10 nitrogen and oxygen atoms in total. The second-order valence-corrected chi connectivity index (χ2v) is 7.12. The van der Waals surface area contributed by atoms with E-state index in [-0.39, 0.29) is 11.5 Å². The van der Waals surface area contributed by atoms with Crippen molar-refractivity contribution in [1.29, 1.82) is 0 Å². The van der Waals surface area contributed by atoms with E-state index in [9.17, 15) is 9.59 Å². The van der Waals surface area contributed by atoms with Gasteiger partial charge in [0.05, 0.1) is 19.2 Å². The molecule has 0 unspecified atom stereocenters. The van der Waals surface area contributed by atoms with Crippen molar-refractivity contribution in [2.75, 3.05) is 7.11 Å². The summed E-state index contributed by atoms with van der Waals surface area (Å²) in [6, 6.07) is 17.0. The van der Waals surface area contributed by atoms with Gasteiger partial charge in [0.25, 0.3) is 5.91 Å². The second kappa shape index (κ2) is 9.69. The molecule has 0 bridgehead atoms. The van der Waals surface area contributed by atoms with Crippen LogP contribution in [0.25, 0.3) is 11.4 Å². The molecule has 0 aliphatic heterocycles. The van der Waals surface area contributed by atoms with Crippen molar-refractivity contribution in [3.63, 3.8) is 0 Å². The van der Waals surface area contributed by atoms with E-state index in [0.29, 0.717) is 35.9 Å². The summed E-state index contributed by atoms with van der Waals surface area (Å²) in [5.74, 6) is -0.355. The van der Waals surface area contributed by atoms with E-state index in [4.69, 9.17) is 9.84 Å². The van der Waals surface area contributed by atoms with Crippen LogP contribution < -0.4 is 10.1 Å². The van der Waals surface area contributed by atoms with Crippen molar-refractivity contribution >= 4 is 11.9 Å². The van der Waals surface area contributed by atoms with Gasteiger partial charge in [-0.05, 0) is 46.7 Å². The Hall–Kier alpha value is -4.60. The van der Waals surface area contributed by atoms with Crippen LogP contribution in [0.15, 0.2) is 66.9 Å². The number of ether oxygens (including phenoxy) is 1. The Labute approximate surface area is 188 Å². The Bertz CT molecular complexity index is 1290. The summed E-state index contributed by atoms with van der Waals surface area (Å²) in [5.41, 5.74) is 3.04. The molecule has 2 N–H and O–H groups in total. The van der Waals surface area contributed by atoms with Gasteiger partial charge < -0.3 is 15.2 Å². The van der Waals surface area contributed by atoms with Gasteiger partial charge >= 0.3 is 5.97 Å². The van der Waals surface area contributed by atoms with E-state index in [1.54, 1.807) is 54.7 Å². The van der Waals surface area contributed by atoms with Crippen LogP contribution in [0.1, 0.15) is 31.8 Å². The molecule has 166 valence electrons. The largest absolute Gasteiger partial charge is 0.481 e. The monoisotopic (exact) mass is 444 g/mol. The summed E-state index contributed by atoms with van der Waals surface area (Å²) < 4.78 is 5.10. The molecule has 10 heteroatoms. The third-order valence-electron chi connectivity index (χ3n) is 4.82. The van der Waals surface area contributed by atoms with Gasteiger partial charge in [-0.2, -0.15) is 4.80 Å². The number of methoxy groups -OCH3 is 1. The van der Waals surface area contributed by atoms with Crippen molar-refractivity contribution in [1.82, 2.24) is 30.5 Å². The van der Waals surface area contributed by atoms with Gasteiger partial charge in [-0.1, -0.05) is 24.3 Å². The standard InChI is InChI=1S/C23H20N6O4/c1-33-20-11-16(9-10-24-20)13-25-22(30)19-4-2-3-18(12-19)21-26-28-29(27-21)14-15-5-7-17(8-6-15)23(31)32/h2-12H,13-14H2,1H3,(H,25,30)(H,31,32). The van der Waals surface area contributed by atoms with Crippen molar-refractivity contribution in [2.45, 2.75) is 13.1 Å². The lowest BCUT2D eigenvalue weighted by Crippen LogP contribution is -2.22. The number of rotatable bonds is 8. The normalized spacial score (nSPS) is 10.6. The molecule has 4 aromatic rings. The molecule has 4 rings (SSSR count). The highest BCUT2D eigenvalue weighted by Crippen LogP contribution is 2.16. The van der Waals surface area contributed by atoms with Gasteiger partial charge in [0, 0.05) is 29.9 Å². The summed E-state index contributed by atoms with van der Waals surface area (Å²) in [4.78, 5) is 29.0. The van der Waals surface area contributed by atoms with Crippen LogP contribution in [0, 0.1) is 0 Å². The number of pyridine rings is 1. The lowest BCUT2D eigenvalue weighted by molar-refractivity contribution is 0.0696. The Kier molecular flexibility index (Phi) is 6.35. The fourth-order valence-electron chi connectivity index (χ4n) is 3.10. The SMILES string of the molecule is COc1cc(CNC(=O)c2cccc(-c3nnn(Cc4ccc(C(=O)O)cc4)n3)c2)ccn1. The minimum Gasteiger partial charge on any atom is -0.481 e. The van der Waals surface area contributed by atoms with Gasteiger partial charge in [-0.25, -0.2) is 9.78 Å². The number of aromatic carboxylic acids is 1. The third kappa shape index (κ3) is 5.37. The van der Waals surface area contributed by atoms with Gasteiger partial charge in [0.2, 0.25) is 11.7 Å². The zero-order valence-corrected chi connectivity index (χ0v) is 17.7. The summed E-state index contributed by atoms with van der Waals surface area (Å²) in [6.07, 6.45) is 1.62. The average Bonchev–Trinajstić information content (AvgIpc) is 3.31. The number of carboxylic acid groups (broad SMARTS) is 1. The van der Waals surface area contributed by atoms with Gasteiger partial charge in [0.15, 0.2) is 0 Å². The van der Waals surface area contributed by atoms with Crippen LogP contribution in [0.2, 0.25) is 0 Å². The maximum Gasteiger partial charge on any atom is 0.335 e. The number of carboxylic acids is 1. The first-order valence-corrected chi connectivity index (χ1v) is 9.99. The van der Waals surface area contributed by atoms with E-state index in [2.05, 4.69) is 25.7 Å². The van der Waals surface area contributed by atoms with E-state index >= 15 is 0 Å². The first-order chi connectivity index (χ1) is 16.0. The molecule has 0 aliphatic rings. The van der Waals surface area contributed by atoms with E-state index in [1.165, 1.54) is 24.0 Å². The number of hydrogen-bond acceptors (Lipinski definition) is 7. The highest BCUT2D eigenvalue weighted by molar-refractivity contribution is 5.95. The molecule has 2 aromatic heterocycles. The predicted octanol–water partition coefficient (Wildman–Crippen LogP) is 2.42. The summed E-state index contributed by atoms with van der Waals surface area (Å²) >= 11 is 0. The highest BCUT2D eigenvalue weighted by atomic mass is 16.5. The Morgan fingerprint density at radius 3 is 2.61 bits per heavy atom. The molecule has 0 fully saturated rings. The summed E-state index contributed by atoms with van der Waals surface area (Å²) in [5, 5.41) is 24.4. The molecule has 0 saturated carbocycles. The van der Waals surface area contributed by atoms with Crippen molar-refractivity contribution < 1.29 is 19.4 Å². The molecule has 2 heterocycles. The maximum atomic E-state index is 12.6. The Balaban J connectivity index is 1.42. The molecule has 0 atom stereocenters. The minimum atomic E-state index is -0.980. The molecule has 0 radical (unpaired) electrons. The fraction of sp³-hybridized carbons (Fsp3) is 0.130. The highest BCUT2D eigenvalue weighted by Gasteiger charge is 2.11. The Morgan fingerprint density at radius 2 is 1.85 bits per heavy atom. The van der Waals surface area contributed by atoms with Crippen molar-refractivity contribution in [3.05, 3.63) is 89.1 Å². The predicted molar refractivity (Wildman–Crippen MR) is 118 cm³/mol. The van der Waals surface area contributed by atoms with Crippen LogP contribution in [-0.4, -0.2) is 49.3 Å². The van der Waals surface area contributed by atoms with Gasteiger partial charge in [0.1, 0.15) is 0 Å². The molecular weight excluding hydrogens is 424 g/mol. The zero-order chi connectivity index (χ0) is 23.2. The number of tetrazole rings is 1. The number of benzene rings is 2. The van der Waals surface area contributed by atoms with Crippen LogP contribution in [-0.2, 0) is 13.1 Å². The first kappa shape index (κ1) is 21.6. The lowest BCUT2D eigenvalue weighted by Gasteiger charge is -2.07. The number of aromatic nitrogens is 5. The van der Waals surface area contributed by atoms with E-state index in [0.717, 1.165) is 11.1 Å². The van der Waals surface area contributed by atoms with Crippen molar-refractivity contribution in [2.24, 2.45) is 0 Å². The molecule has 0 saturated heterocycles. The van der Waals surface area contributed by atoms with Gasteiger partial charge in [-0.3, -0.25) is 4.79 Å². The number of carbonyl (C=O) groups is 2. The van der Waals surface area contributed by atoms with E-state index < -0.39 is 5.97 Å². The topological polar surface area (TPSA) is 132 Å². The fourth-order valence-corrected chi connectivity index (χ4v) is 3.10. The third-order valence-corrected chi connectivity index (χ3v) is 4.82. The average molecular weight is 444 g/mol. The zero-order valence-electron chi connectivity index (χ0n) is 17.7. The smallest absolute Gasteiger partial charge is 0.335 e. The van der Waals surface area contributed by atoms with Crippen LogP contribution in [0.3, 0.4) is 0 Å².